The van der Waals surface area contributed by atoms with Crippen molar-refractivity contribution >= 4 is 10.9 Å². The van der Waals surface area contributed by atoms with Crippen molar-refractivity contribution in [3.63, 3.8) is 0 Å². The summed E-state index contributed by atoms with van der Waals surface area (Å²) >= 11 is 0. The Balaban J connectivity index is 1.40. The first kappa shape index (κ1) is 15.4. The van der Waals surface area contributed by atoms with Crippen molar-refractivity contribution in [2.75, 3.05) is 13.1 Å². The molecular formula is C21H25N3. The van der Waals surface area contributed by atoms with E-state index in [0.717, 1.165) is 18.0 Å². The van der Waals surface area contributed by atoms with Gasteiger partial charge in [-0.1, -0.05) is 35.9 Å². The first-order valence-corrected chi connectivity index (χ1v) is 8.96. The molecule has 1 atom stereocenters. The third-order valence-electron chi connectivity index (χ3n) is 5.12. The van der Waals surface area contributed by atoms with Gasteiger partial charge in [0, 0.05) is 18.5 Å². The summed E-state index contributed by atoms with van der Waals surface area (Å²) in [5.74, 6) is 0.757. The highest BCUT2D eigenvalue weighted by Crippen LogP contribution is 2.24. The second-order valence-electron chi connectivity index (χ2n) is 7.23. The van der Waals surface area contributed by atoms with E-state index in [2.05, 4.69) is 64.5 Å². The summed E-state index contributed by atoms with van der Waals surface area (Å²) in [6, 6.07) is 15.6. The van der Waals surface area contributed by atoms with Crippen molar-refractivity contribution in [3.05, 3.63) is 65.4 Å². The maximum atomic E-state index is 4.12. The predicted molar refractivity (Wildman–Crippen MR) is 99.0 cm³/mol. The Labute approximate surface area is 143 Å². The Morgan fingerprint density at radius 2 is 2.12 bits per heavy atom. The summed E-state index contributed by atoms with van der Waals surface area (Å²) in [5.41, 5.74) is 5.36. The van der Waals surface area contributed by atoms with Gasteiger partial charge in [0.2, 0.25) is 0 Å². The SMILES string of the molecule is Cc1cccc(CN2CCC[C@H](Cc3ccc4[nH]ncc4c3)C2)c1. The highest BCUT2D eigenvalue weighted by atomic mass is 15.1. The minimum absolute atomic E-state index is 0.757. The normalized spacial score (nSPS) is 19.0. The zero-order valence-electron chi connectivity index (χ0n) is 14.3. The van der Waals surface area contributed by atoms with Crippen LogP contribution in [0.3, 0.4) is 0 Å². The molecule has 4 rings (SSSR count). The summed E-state index contributed by atoms with van der Waals surface area (Å²) in [7, 11) is 0. The molecule has 2 aromatic carbocycles. The Kier molecular flexibility index (Phi) is 4.35. The summed E-state index contributed by atoms with van der Waals surface area (Å²) < 4.78 is 0. The predicted octanol–water partition coefficient (Wildman–Crippen LogP) is 4.33. The molecule has 2 heterocycles. The summed E-state index contributed by atoms with van der Waals surface area (Å²) in [5, 5.41) is 8.38. The van der Waals surface area contributed by atoms with Crippen LogP contribution in [0.5, 0.6) is 0 Å². The number of fused-ring (bicyclic) bond motifs is 1. The van der Waals surface area contributed by atoms with Crippen LogP contribution in [0.15, 0.2) is 48.7 Å². The number of piperidine rings is 1. The fourth-order valence-electron chi connectivity index (χ4n) is 3.98. The van der Waals surface area contributed by atoms with Gasteiger partial charge in [0.05, 0.1) is 11.7 Å². The fourth-order valence-corrected chi connectivity index (χ4v) is 3.98. The summed E-state index contributed by atoms with van der Waals surface area (Å²) in [4.78, 5) is 2.62. The van der Waals surface area contributed by atoms with Crippen molar-refractivity contribution in [2.24, 2.45) is 5.92 Å². The van der Waals surface area contributed by atoms with Crippen LogP contribution in [0.2, 0.25) is 0 Å². The highest BCUT2D eigenvalue weighted by Gasteiger charge is 2.20. The van der Waals surface area contributed by atoms with Gasteiger partial charge in [0.15, 0.2) is 0 Å². The van der Waals surface area contributed by atoms with E-state index in [1.807, 2.05) is 6.20 Å². The number of aromatic nitrogens is 2. The van der Waals surface area contributed by atoms with Crippen LogP contribution >= 0.6 is 0 Å². The lowest BCUT2D eigenvalue weighted by Crippen LogP contribution is -2.35. The lowest BCUT2D eigenvalue weighted by molar-refractivity contribution is 0.167. The van der Waals surface area contributed by atoms with E-state index in [9.17, 15) is 0 Å². The van der Waals surface area contributed by atoms with Crippen LogP contribution in [-0.4, -0.2) is 28.2 Å². The number of hydrogen-bond donors (Lipinski definition) is 1. The number of hydrogen-bond acceptors (Lipinski definition) is 2. The van der Waals surface area contributed by atoms with Crippen molar-refractivity contribution in [2.45, 2.75) is 32.7 Å². The van der Waals surface area contributed by atoms with E-state index < -0.39 is 0 Å². The van der Waals surface area contributed by atoms with E-state index in [0.29, 0.717) is 0 Å². The number of rotatable bonds is 4. The molecule has 1 fully saturated rings. The molecule has 1 aromatic heterocycles. The van der Waals surface area contributed by atoms with Gasteiger partial charge in [-0.3, -0.25) is 10.00 Å². The van der Waals surface area contributed by atoms with Crippen LogP contribution in [-0.2, 0) is 13.0 Å². The first-order chi connectivity index (χ1) is 11.8. The maximum Gasteiger partial charge on any atom is 0.0650 e. The van der Waals surface area contributed by atoms with Gasteiger partial charge in [-0.05, 0) is 61.9 Å². The lowest BCUT2D eigenvalue weighted by atomic mass is 9.90. The zero-order chi connectivity index (χ0) is 16.4. The quantitative estimate of drug-likeness (QED) is 0.776. The Bertz CT molecular complexity index is 821. The Morgan fingerprint density at radius 3 is 3.04 bits per heavy atom. The minimum Gasteiger partial charge on any atom is -0.299 e. The second-order valence-corrected chi connectivity index (χ2v) is 7.23. The zero-order valence-corrected chi connectivity index (χ0v) is 14.3. The number of nitrogens with zero attached hydrogens (tertiary/aromatic N) is 2. The summed E-state index contributed by atoms with van der Waals surface area (Å²) in [6.07, 6.45) is 5.74. The summed E-state index contributed by atoms with van der Waals surface area (Å²) in [6.45, 7) is 5.69. The van der Waals surface area contributed by atoms with Gasteiger partial charge in [0.1, 0.15) is 0 Å². The smallest absolute Gasteiger partial charge is 0.0650 e. The van der Waals surface area contributed by atoms with Crippen molar-refractivity contribution in [1.29, 1.82) is 0 Å². The second kappa shape index (κ2) is 6.78. The van der Waals surface area contributed by atoms with E-state index in [1.54, 1.807) is 0 Å². The standard InChI is InChI=1S/C21H25N3/c1-16-4-2-5-18(10-16)14-24-9-3-6-19(15-24)11-17-7-8-21-20(12-17)13-22-23-21/h2,4-5,7-8,10,12-13,19H,3,6,9,11,14-15H2,1H3,(H,22,23)/t19-/m1/s1. The molecule has 0 unspecified atom stereocenters. The van der Waals surface area contributed by atoms with E-state index >= 15 is 0 Å². The molecule has 1 aliphatic rings. The third-order valence-corrected chi connectivity index (χ3v) is 5.12. The molecule has 124 valence electrons. The molecular weight excluding hydrogens is 294 g/mol. The molecule has 0 amide bonds. The number of aryl methyl sites for hydroxylation is 1. The van der Waals surface area contributed by atoms with Crippen LogP contribution < -0.4 is 0 Å². The van der Waals surface area contributed by atoms with Crippen LogP contribution in [0.4, 0.5) is 0 Å². The molecule has 1 saturated heterocycles. The molecule has 0 spiro atoms. The molecule has 1 N–H and O–H groups in total. The molecule has 24 heavy (non-hydrogen) atoms. The molecule has 0 radical (unpaired) electrons. The number of H-pyrrole nitrogens is 1. The first-order valence-electron chi connectivity index (χ1n) is 8.96. The van der Waals surface area contributed by atoms with Crippen molar-refractivity contribution < 1.29 is 0 Å². The fraction of sp³-hybridized carbons (Fsp3) is 0.381. The van der Waals surface area contributed by atoms with Crippen LogP contribution in [0.25, 0.3) is 10.9 Å². The average Bonchev–Trinajstić information content (AvgIpc) is 3.03. The molecule has 0 aliphatic carbocycles. The van der Waals surface area contributed by atoms with E-state index in [4.69, 9.17) is 0 Å². The van der Waals surface area contributed by atoms with Gasteiger partial charge in [0.25, 0.3) is 0 Å². The molecule has 3 heteroatoms. The maximum absolute atomic E-state index is 4.12. The monoisotopic (exact) mass is 319 g/mol. The number of benzene rings is 2. The van der Waals surface area contributed by atoms with E-state index in [1.165, 1.54) is 54.4 Å². The topological polar surface area (TPSA) is 31.9 Å². The number of likely N-dealkylation sites (tertiary alicyclic amines) is 1. The highest BCUT2D eigenvalue weighted by molar-refractivity contribution is 5.78. The van der Waals surface area contributed by atoms with Gasteiger partial charge >= 0.3 is 0 Å². The van der Waals surface area contributed by atoms with Gasteiger partial charge in [-0.2, -0.15) is 5.10 Å². The Hall–Kier alpha value is -2.13. The largest absolute Gasteiger partial charge is 0.299 e. The van der Waals surface area contributed by atoms with Crippen molar-refractivity contribution in [3.8, 4) is 0 Å². The third kappa shape index (κ3) is 3.51. The van der Waals surface area contributed by atoms with Gasteiger partial charge in [-0.15, -0.1) is 0 Å². The van der Waals surface area contributed by atoms with Gasteiger partial charge in [-0.25, -0.2) is 0 Å². The van der Waals surface area contributed by atoms with Crippen molar-refractivity contribution in [1.82, 2.24) is 15.1 Å². The Morgan fingerprint density at radius 1 is 1.17 bits per heavy atom. The van der Waals surface area contributed by atoms with Crippen LogP contribution in [0, 0.1) is 12.8 Å². The lowest BCUT2D eigenvalue weighted by Gasteiger charge is -2.33. The van der Waals surface area contributed by atoms with Crippen LogP contribution in [0.1, 0.15) is 29.5 Å². The molecule has 0 saturated carbocycles. The molecule has 1 aliphatic heterocycles. The molecule has 0 bridgehead atoms. The van der Waals surface area contributed by atoms with E-state index in [-0.39, 0.29) is 0 Å². The number of aromatic amines is 1. The number of nitrogens with one attached hydrogen (secondary N) is 1. The molecule has 3 nitrogen and oxygen atoms in total. The molecule has 3 aromatic rings. The van der Waals surface area contributed by atoms with Gasteiger partial charge < -0.3 is 0 Å². The average molecular weight is 319 g/mol. The minimum atomic E-state index is 0.757.